The summed E-state index contributed by atoms with van der Waals surface area (Å²) in [5.74, 6) is -0.655. The van der Waals surface area contributed by atoms with Crippen molar-refractivity contribution in [1.82, 2.24) is 5.43 Å². The quantitative estimate of drug-likeness (QED) is 0.466. The minimum atomic E-state index is -3.71. The lowest BCUT2D eigenvalue weighted by Gasteiger charge is -2.08. The first-order chi connectivity index (χ1) is 11.4. The third kappa shape index (κ3) is 4.90. The molecule has 0 aromatic heterocycles. The number of benzene rings is 2. The molecule has 0 saturated heterocycles. The lowest BCUT2D eigenvalue weighted by atomic mass is 10.2. The summed E-state index contributed by atoms with van der Waals surface area (Å²) < 4.78 is 26.9. The molecule has 7 nitrogen and oxygen atoms in total. The average Bonchev–Trinajstić information content (AvgIpc) is 2.54. The van der Waals surface area contributed by atoms with Crippen molar-refractivity contribution in [2.75, 3.05) is 4.72 Å². The van der Waals surface area contributed by atoms with Crippen molar-refractivity contribution >= 4 is 39.3 Å². The van der Waals surface area contributed by atoms with Crippen molar-refractivity contribution in [3.63, 3.8) is 0 Å². The van der Waals surface area contributed by atoms with Gasteiger partial charge in [-0.05, 0) is 48.0 Å². The highest BCUT2D eigenvalue weighted by molar-refractivity contribution is 7.92. The van der Waals surface area contributed by atoms with Crippen LogP contribution in [-0.2, 0) is 14.8 Å². The maximum atomic E-state index is 12.2. The van der Waals surface area contributed by atoms with Crippen LogP contribution in [0, 0.1) is 4.91 Å². The van der Waals surface area contributed by atoms with Crippen LogP contribution in [0.5, 0.6) is 0 Å². The van der Waals surface area contributed by atoms with E-state index in [2.05, 4.69) is 10.0 Å². The van der Waals surface area contributed by atoms with Gasteiger partial charge in [-0.15, -0.1) is 4.91 Å². The van der Waals surface area contributed by atoms with Gasteiger partial charge in [0, 0.05) is 16.8 Å². The molecular formula is C15H12ClN3O4S. The van der Waals surface area contributed by atoms with Crippen LogP contribution in [0.2, 0.25) is 5.02 Å². The molecule has 1 amide bonds. The minimum absolute atomic E-state index is 0.0916. The van der Waals surface area contributed by atoms with Crippen molar-refractivity contribution in [1.29, 1.82) is 0 Å². The van der Waals surface area contributed by atoms with E-state index in [4.69, 9.17) is 11.6 Å². The number of rotatable bonds is 6. The number of hydrogen-bond acceptors (Lipinski definition) is 5. The lowest BCUT2D eigenvalue weighted by Crippen LogP contribution is -2.12. The zero-order chi connectivity index (χ0) is 17.6. The SMILES string of the molecule is O=NNC(=O)/C=C/c1ccc(NS(=O)(=O)c2ccc(Cl)cc2)cc1. The summed E-state index contributed by atoms with van der Waals surface area (Å²) in [6.45, 7) is 0. The van der Waals surface area contributed by atoms with Gasteiger partial charge in [-0.3, -0.25) is 9.52 Å². The van der Waals surface area contributed by atoms with Gasteiger partial charge in [0.2, 0.25) is 0 Å². The van der Waals surface area contributed by atoms with Crippen molar-refractivity contribution in [2.45, 2.75) is 4.90 Å². The van der Waals surface area contributed by atoms with E-state index in [0.29, 0.717) is 16.3 Å². The smallest absolute Gasteiger partial charge is 0.266 e. The second kappa shape index (κ2) is 7.71. The highest BCUT2D eigenvalue weighted by atomic mass is 35.5. The third-order valence-electron chi connectivity index (χ3n) is 2.87. The fourth-order valence-electron chi connectivity index (χ4n) is 1.74. The molecule has 0 aliphatic heterocycles. The van der Waals surface area contributed by atoms with Gasteiger partial charge in [0.05, 0.1) is 10.2 Å². The molecule has 0 fully saturated rings. The van der Waals surface area contributed by atoms with Crippen LogP contribution in [-0.4, -0.2) is 14.3 Å². The van der Waals surface area contributed by atoms with Gasteiger partial charge >= 0.3 is 0 Å². The molecule has 2 rings (SSSR count). The van der Waals surface area contributed by atoms with E-state index >= 15 is 0 Å². The second-order valence-electron chi connectivity index (χ2n) is 4.58. The first kappa shape index (κ1) is 17.6. The van der Waals surface area contributed by atoms with Gasteiger partial charge in [-0.2, -0.15) is 0 Å². The van der Waals surface area contributed by atoms with E-state index in [9.17, 15) is 18.1 Å². The summed E-state index contributed by atoms with van der Waals surface area (Å²) in [7, 11) is -3.71. The van der Waals surface area contributed by atoms with Crippen molar-refractivity contribution < 1.29 is 13.2 Å². The first-order valence-corrected chi connectivity index (χ1v) is 8.46. The number of anilines is 1. The van der Waals surface area contributed by atoms with E-state index in [1.54, 1.807) is 29.7 Å². The summed E-state index contributed by atoms with van der Waals surface area (Å²) in [6, 6.07) is 12.1. The van der Waals surface area contributed by atoms with Crippen LogP contribution >= 0.6 is 11.6 Å². The molecule has 124 valence electrons. The van der Waals surface area contributed by atoms with Gasteiger partial charge < -0.3 is 0 Å². The van der Waals surface area contributed by atoms with Gasteiger partial charge in [0.1, 0.15) is 0 Å². The summed E-state index contributed by atoms with van der Waals surface area (Å²) >= 11 is 5.74. The number of nitrogens with one attached hydrogen (secondary N) is 2. The zero-order valence-corrected chi connectivity index (χ0v) is 13.7. The Hall–Kier alpha value is -2.71. The number of amides is 1. The Labute approximate surface area is 143 Å². The normalized spacial score (nSPS) is 11.2. The molecular weight excluding hydrogens is 354 g/mol. The zero-order valence-electron chi connectivity index (χ0n) is 12.1. The number of carbonyl (C=O) groups excluding carboxylic acids is 1. The predicted octanol–water partition coefficient (Wildman–Crippen LogP) is 2.95. The molecule has 0 spiro atoms. The Balaban J connectivity index is 2.09. The maximum absolute atomic E-state index is 12.2. The lowest BCUT2D eigenvalue weighted by molar-refractivity contribution is -0.116. The number of carbonyl (C=O) groups is 1. The highest BCUT2D eigenvalue weighted by Gasteiger charge is 2.13. The van der Waals surface area contributed by atoms with E-state index in [1.807, 2.05) is 0 Å². The van der Waals surface area contributed by atoms with Crippen molar-refractivity contribution in [2.24, 2.45) is 5.29 Å². The molecule has 0 unspecified atom stereocenters. The highest BCUT2D eigenvalue weighted by Crippen LogP contribution is 2.19. The molecule has 0 saturated carbocycles. The van der Waals surface area contributed by atoms with Gasteiger partial charge in [0.15, 0.2) is 0 Å². The van der Waals surface area contributed by atoms with Gasteiger partial charge in [0.25, 0.3) is 15.9 Å². The van der Waals surface area contributed by atoms with Crippen LogP contribution in [0.1, 0.15) is 5.56 Å². The maximum Gasteiger partial charge on any atom is 0.266 e. The first-order valence-electron chi connectivity index (χ1n) is 6.59. The molecule has 24 heavy (non-hydrogen) atoms. The minimum Gasteiger partial charge on any atom is -0.280 e. The fourth-order valence-corrected chi connectivity index (χ4v) is 2.93. The summed E-state index contributed by atoms with van der Waals surface area (Å²) in [6.07, 6.45) is 2.59. The van der Waals surface area contributed by atoms with Crippen molar-refractivity contribution in [3.8, 4) is 0 Å². The second-order valence-corrected chi connectivity index (χ2v) is 6.70. The Morgan fingerprint density at radius 3 is 2.25 bits per heavy atom. The van der Waals surface area contributed by atoms with Crippen LogP contribution in [0.4, 0.5) is 5.69 Å². The monoisotopic (exact) mass is 365 g/mol. The standard InChI is InChI=1S/C15H12ClN3O4S/c16-12-4-8-14(9-5-12)24(22,23)18-13-6-1-11(2-7-13)3-10-15(20)17-19-21/h1-10,18H,(H,17,20,21)/b10-3+. The largest absolute Gasteiger partial charge is 0.280 e. The molecule has 0 aliphatic rings. The van der Waals surface area contributed by atoms with E-state index < -0.39 is 15.9 Å². The van der Waals surface area contributed by atoms with E-state index in [1.165, 1.54) is 30.3 Å². The van der Waals surface area contributed by atoms with Crippen LogP contribution in [0.3, 0.4) is 0 Å². The van der Waals surface area contributed by atoms with E-state index in [-0.39, 0.29) is 4.90 Å². The van der Waals surface area contributed by atoms with Gasteiger partial charge in [-0.25, -0.2) is 13.8 Å². The fraction of sp³-hybridized carbons (Fsp3) is 0. The molecule has 2 aromatic carbocycles. The molecule has 9 heteroatoms. The third-order valence-corrected chi connectivity index (χ3v) is 4.52. The Morgan fingerprint density at radius 1 is 1.04 bits per heavy atom. The molecule has 2 aromatic rings. The Kier molecular flexibility index (Phi) is 5.67. The molecule has 2 N–H and O–H groups in total. The average molecular weight is 366 g/mol. The van der Waals surface area contributed by atoms with Crippen LogP contribution in [0.25, 0.3) is 6.08 Å². The topological polar surface area (TPSA) is 105 Å². The molecule has 0 radical (unpaired) electrons. The van der Waals surface area contributed by atoms with Crippen LogP contribution in [0.15, 0.2) is 64.8 Å². The van der Waals surface area contributed by atoms with Crippen molar-refractivity contribution in [3.05, 3.63) is 70.1 Å². The number of nitrogens with zero attached hydrogens (tertiary/aromatic N) is 1. The Bertz CT molecular complexity index is 863. The molecule has 0 bridgehead atoms. The van der Waals surface area contributed by atoms with E-state index in [0.717, 1.165) is 6.08 Å². The predicted molar refractivity (Wildman–Crippen MR) is 91.7 cm³/mol. The van der Waals surface area contributed by atoms with Gasteiger partial charge in [-0.1, -0.05) is 23.7 Å². The summed E-state index contributed by atoms with van der Waals surface area (Å²) in [5.41, 5.74) is 2.73. The number of halogens is 1. The number of hydrogen-bond donors (Lipinski definition) is 2. The number of nitroso groups, excluding NO2 is 1. The van der Waals surface area contributed by atoms with Crippen LogP contribution < -0.4 is 10.1 Å². The summed E-state index contributed by atoms with van der Waals surface area (Å²) in [4.78, 5) is 21.0. The summed E-state index contributed by atoms with van der Waals surface area (Å²) in [5, 5.41) is 2.69. The molecule has 0 atom stereocenters. The Morgan fingerprint density at radius 2 is 1.67 bits per heavy atom. The number of sulfonamides is 1. The molecule has 0 heterocycles. The molecule has 0 aliphatic carbocycles.